The van der Waals surface area contributed by atoms with Gasteiger partial charge in [0.2, 0.25) is 0 Å². The molecule has 0 bridgehead atoms. The SMILES string of the molecule is CC(C)COC(C)COCCOCC(C)N. The third-order valence-electron chi connectivity index (χ3n) is 1.82. The van der Waals surface area contributed by atoms with Crippen LogP contribution in [0.3, 0.4) is 0 Å². The third kappa shape index (κ3) is 11.9. The molecular weight excluding hydrogens is 206 g/mol. The quantitative estimate of drug-likeness (QED) is 0.580. The van der Waals surface area contributed by atoms with Gasteiger partial charge in [0.25, 0.3) is 0 Å². The summed E-state index contributed by atoms with van der Waals surface area (Å²) >= 11 is 0. The normalized spacial score (nSPS) is 15.4. The fourth-order valence-electron chi connectivity index (χ4n) is 1.04. The zero-order valence-corrected chi connectivity index (χ0v) is 11.1. The van der Waals surface area contributed by atoms with Crippen LogP contribution in [-0.2, 0) is 14.2 Å². The van der Waals surface area contributed by atoms with E-state index in [0.29, 0.717) is 32.3 Å². The molecule has 0 heterocycles. The molecule has 0 amide bonds. The fraction of sp³-hybridized carbons (Fsp3) is 1.00. The molecule has 0 rings (SSSR count). The monoisotopic (exact) mass is 233 g/mol. The van der Waals surface area contributed by atoms with E-state index in [0.717, 1.165) is 6.61 Å². The van der Waals surface area contributed by atoms with Gasteiger partial charge in [-0.3, -0.25) is 0 Å². The molecule has 0 fully saturated rings. The summed E-state index contributed by atoms with van der Waals surface area (Å²) in [6, 6.07) is 0.0910. The lowest BCUT2D eigenvalue weighted by Crippen LogP contribution is -2.24. The van der Waals surface area contributed by atoms with Crippen molar-refractivity contribution in [1.82, 2.24) is 0 Å². The predicted molar refractivity (Wildman–Crippen MR) is 65.5 cm³/mol. The molecule has 4 heteroatoms. The Labute approximate surface area is 99.4 Å². The van der Waals surface area contributed by atoms with E-state index in [1.54, 1.807) is 0 Å². The molecule has 0 aromatic heterocycles. The van der Waals surface area contributed by atoms with Crippen LogP contribution in [0.5, 0.6) is 0 Å². The molecule has 98 valence electrons. The van der Waals surface area contributed by atoms with E-state index in [1.165, 1.54) is 0 Å². The number of hydrogen-bond donors (Lipinski definition) is 1. The van der Waals surface area contributed by atoms with Gasteiger partial charge in [-0.15, -0.1) is 0 Å². The summed E-state index contributed by atoms with van der Waals surface area (Å²) < 4.78 is 16.3. The molecule has 0 radical (unpaired) electrons. The summed E-state index contributed by atoms with van der Waals surface area (Å²) in [5.74, 6) is 0.567. The molecule has 2 unspecified atom stereocenters. The van der Waals surface area contributed by atoms with E-state index < -0.39 is 0 Å². The Kier molecular flexibility index (Phi) is 9.92. The number of rotatable bonds is 10. The Hall–Kier alpha value is -0.160. The standard InChI is InChI=1S/C12H27NO3/c1-10(2)7-16-12(4)9-15-6-5-14-8-11(3)13/h10-12H,5-9,13H2,1-4H3. The van der Waals surface area contributed by atoms with E-state index >= 15 is 0 Å². The molecule has 0 aliphatic rings. The Morgan fingerprint density at radius 3 is 1.94 bits per heavy atom. The average Bonchev–Trinajstić information content (AvgIpc) is 2.19. The van der Waals surface area contributed by atoms with Gasteiger partial charge < -0.3 is 19.9 Å². The van der Waals surface area contributed by atoms with Gasteiger partial charge in [0, 0.05) is 12.6 Å². The lowest BCUT2D eigenvalue weighted by atomic mass is 10.2. The van der Waals surface area contributed by atoms with Crippen LogP contribution in [0.15, 0.2) is 0 Å². The number of hydrogen-bond acceptors (Lipinski definition) is 4. The summed E-state index contributed by atoms with van der Waals surface area (Å²) in [5, 5.41) is 0. The maximum atomic E-state index is 5.56. The molecule has 0 aromatic rings. The Morgan fingerprint density at radius 1 is 0.875 bits per heavy atom. The maximum Gasteiger partial charge on any atom is 0.0780 e. The van der Waals surface area contributed by atoms with Crippen LogP contribution in [0.1, 0.15) is 27.7 Å². The van der Waals surface area contributed by atoms with Gasteiger partial charge in [-0.25, -0.2) is 0 Å². The molecule has 2 atom stereocenters. The largest absolute Gasteiger partial charge is 0.377 e. The maximum absolute atomic E-state index is 5.56. The van der Waals surface area contributed by atoms with Crippen molar-refractivity contribution in [3.8, 4) is 0 Å². The minimum Gasteiger partial charge on any atom is -0.377 e. The second-order valence-electron chi connectivity index (χ2n) is 4.66. The van der Waals surface area contributed by atoms with Crippen molar-refractivity contribution in [1.29, 1.82) is 0 Å². The first-order valence-corrected chi connectivity index (χ1v) is 6.05. The molecule has 0 aliphatic heterocycles. The van der Waals surface area contributed by atoms with E-state index in [1.807, 2.05) is 13.8 Å². The second kappa shape index (κ2) is 10.0. The average molecular weight is 233 g/mol. The van der Waals surface area contributed by atoms with Crippen molar-refractivity contribution in [2.75, 3.05) is 33.0 Å². The lowest BCUT2D eigenvalue weighted by molar-refractivity contribution is -0.0307. The first kappa shape index (κ1) is 15.8. The van der Waals surface area contributed by atoms with Crippen LogP contribution < -0.4 is 5.73 Å². The highest BCUT2D eigenvalue weighted by Gasteiger charge is 2.03. The summed E-state index contributed by atoms with van der Waals surface area (Å²) in [6.45, 7) is 11.4. The van der Waals surface area contributed by atoms with Gasteiger partial charge in [0.1, 0.15) is 0 Å². The Balaban J connectivity index is 3.18. The zero-order chi connectivity index (χ0) is 12.4. The first-order valence-electron chi connectivity index (χ1n) is 6.05. The molecule has 0 aliphatic carbocycles. The third-order valence-corrected chi connectivity index (χ3v) is 1.82. The van der Waals surface area contributed by atoms with Gasteiger partial charge in [0.05, 0.1) is 32.5 Å². The number of nitrogens with two attached hydrogens (primary N) is 1. The van der Waals surface area contributed by atoms with Crippen molar-refractivity contribution >= 4 is 0 Å². The lowest BCUT2D eigenvalue weighted by Gasteiger charge is -2.15. The van der Waals surface area contributed by atoms with Crippen LogP contribution in [0.2, 0.25) is 0 Å². The van der Waals surface area contributed by atoms with Crippen LogP contribution in [0.4, 0.5) is 0 Å². The van der Waals surface area contributed by atoms with Crippen LogP contribution in [0, 0.1) is 5.92 Å². The topological polar surface area (TPSA) is 53.7 Å². The van der Waals surface area contributed by atoms with Gasteiger partial charge in [0.15, 0.2) is 0 Å². The molecule has 0 aromatic carbocycles. The van der Waals surface area contributed by atoms with Gasteiger partial charge >= 0.3 is 0 Å². The highest BCUT2D eigenvalue weighted by atomic mass is 16.5. The van der Waals surface area contributed by atoms with Crippen LogP contribution >= 0.6 is 0 Å². The Morgan fingerprint density at radius 2 is 1.44 bits per heavy atom. The van der Waals surface area contributed by atoms with Crippen molar-refractivity contribution in [3.05, 3.63) is 0 Å². The first-order chi connectivity index (χ1) is 7.52. The fourth-order valence-corrected chi connectivity index (χ4v) is 1.04. The minimum absolute atomic E-state index is 0.0910. The van der Waals surface area contributed by atoms with Gasteiger partial charge in [-0.1, -0.05) is 13.8 Å². The van der Waals surface area contributed by atoms with Crippen LogP contribution in [-0.4, -0.2) is 45.2 Å². The smallest absolute Gasteiger partial charge is 0.0780 e. The van der Waals surface area contributed by atoms with E-state index in [4.69, 9.17) is 19.9 Å². The van der Waals surface area contributed by atoms with Crippen molar-refractivity contribution in [2.45, 2.75) is 39.8 Å². The van der Waals surface area contributed by atoms with Crippen molar-refractivity contribution < 1.29 is 14.2 Å². The predicted octanol–water partition coefficient (Wildman–Crippen LogP) is 1.43. The van der Waals surface area contributed by atoms with Crippen LogP contribution in [0.25, 0.3) is 0 Å². The summed E-state index contributed by atoms with van der Waals surface area (Å²) in [4.78, 5) is 0. The van der Waals surface area contributed by atoms with E-state index in [9.17, 15) is 0 Å². The van der Waals surface area contributed by atoms with E-state index in [2.05, 4.69) is 13.8 Å². The molecule has 16 heavy (non-hydrogen) atoms. The number of ether oxygens (including phenoxy) is 3. The summed E-state index contributed by atoms with van der Waals surface area (Å²) in [6.07, 6.45) is 0.149. The molecule has 2 N–H and O–H groups in total. The van der Waals surface area contributed by atoms with Gasteiger partial charge in [-0.05, 0) is 19.8 Å². The van der Waals surface area contributed by atoms with Crippen molar-refractivity contribution in [2.24, 2.45) is 11.7 Å². The molecule has 0 spiro atoms. The molecule has 4 nitrogen and oxygen atoms in total. The highest BCUT2D eigenvalue weighted by molar-refractivity contribution is 4.50. The van der Waals surface area contributed by atoms with Gasteiger partial charge in [-0.2, -0.15) is 0 Å². The van der Waals surface area contributed by atoms with E-state index in [-0.39, 0.29) is 12.1 Å². The minimum atomic E-state index is 0.0910. The molecular formula is C12H27NO3. The summed E-state index contributed by atoms with van der Waals surface area (Å²) in [7, 11) is 0. The zero-order valence-electron chi connectivity index (χ0n) is 11.1. The highest BCUT2D eigenvalue weighted by Crippen LogP contribution is 1.98. The van der Waals surface area contributed by atoms with Crippen molar-refractivity contribution in [3.63, 3.8) is 0 Å². The second-order valence-corrected chi connectivity index (χ2v) is 4.66. The summed E-state index contributed by atoms with van der Waals surface area (Å²) in [5.41, 5.74) is 5.54. The molecule has 0 saturated carbocycles. The Bertz CT molecular complexity index is 151. The molecule has 0 saturated heterocycles.